The Bertz CT molecular complexity index is 457. The highest BCUT2D eigenvalue weighted by Gasteiger charge is 2.13. The predicted molar refractivity (Wildman–Crippen MR) is 80.3 cm³/mol. The Balaban J connectivity index is 1.80. The first kappa shape index (κ1) is 14.8. The van der Waals surface area contributed by atoms with Crippen LogP contribution < -0.4 is 5.32 Å². The quantitative estimate of drug-likeness (QED) is 0.655. The summed E-state index contributed by atoms with van der Waals surface area (Å²) >= 11 is 0. The fourth-order valence-corrected chi connectivity index (χ4v) is 2.30. The number of hydrogen-bond acceptors (Lipinski definition) is 2. The van der Waals surface area contributed by atoms with E-state index in [1.54, 1.807) is 19.2 Å². The van der Waals surface area contributed by atoms with Crippen LogP contribution in [-0.2, 0) is 6.54 Å². The minimum atomic E-state index is -0.198. The maximum Gasteiger partial charge on any atom is 0.193 e. The van der Waals surface area contributed by atoms with E-state index in [1.165, 1.54) is 25.6 Å². The lowest BCUT2D eigenvalue weighted by atomic mass is 10.2. The third kappa shape index (κ3) is 4.20. The SMILES string of the molecule is CN=C(NCCN1CCC1)N(C)Cc1cccc(F)c1. The smallest absolute Gasteiger partial charge is 0.193 e. The highest BCUT2D eigenvalue weighted by molar-refractivity contribution is 5.79. The predicted octanol–water partition coefficient (Wildman–Crippen LogP) is 1.54. The van der Waals surface area contributed by atoms with Crippen molar-refractivity contribution in [3.05, 3.63) is 35.6 Å². The molecule has 1 fully saturated rings. The van der Waals surface area contributed by atoms with Gasteiger partial charge in [0.15, 0.2) is 5.96 Å². The molecule has 0 atom stereocenters. The minimum Gasteiger partial charge on any atom is -0.355 e. The number of halogens is 1. The van der Waals surface area contributed by atoms with E-state index < -0.39 is 0 Å². The number of benzene rings is 1. The van der Waals surface area contributed by atoms with Crippen molar-refractivity contribution in [2.75, 3.05) is 40.3 Å². The molecule has 0 radical (unpaired) electrons. The molecule has 5 heteroatoms. The topological polar surface area (TPSA) is 30.9 Å². The summed E-state index contributed by atoms with van der Waals surface area (Å²) in [7, 11) is 3.73. The van der Waals surface area contributed by atoms with Gasteiger partial charge in [-0.25, -0.2) is 4.39 Å². The van der Waals surface area contributed by atoms with E-state index in [9.17, 15) is 4.39 Å². The lowest BCUT2D eigenvalue weighted by Gasteiger charge is -2.31. The van der Waals surface area contributed by atoms with Crippen molar-refractivity contribution in [2.45, 2.75) is 13.0 Å². The van der Waals surface area contributed by atoms with Gasteiger partial charge in [0, 0.05) is 33.7 Å². The van der Waals surface area contributed by atoms with Gasteiger partial charge in [0.05, 0.1) is 0 Å². The van der Waals surface area contributed by atoms with E-state index in [0.29, 0.717) is 6.54 Å². The van der Waals surface area contributed by atoms with Crippen molar-refractivity contribution in [2.24, 2.45) is 4.99 Å². The van der Waals surface area contributed by atoms with E-state index in [4.69, 9.17) is 0 Å². The van der Waals surface area contributed by atoms with Gasteiger partial charge in [-0.05, 0) is 37.2 Å². The van der Waals surface area contributed by atoms with Crippen LogP contribution in [0, 0.1) is 5.82 Å². The van der Waals surface area contributed by atoms with Crippen LogP contribution in [0.5, 0.6) is 0 Å². The fourth-order valence-electron chi connectivity index (χ4n) is 2.30. The number of rotatable bonds is 5. The van der Waals surface area contributed by atoms with E-state index >= 15 is 0 Å². The molecule has 110 valence electrons. The second-order valence-electron chi connectivity index (χ2n) is 5.16. The molecular weight excluding hydrogens is 255 g/mol. The summed E-state index contributed by atoms with van der Waals surface area (Å²) in [5.74, 6) is 0.645. The molecule has 2 rings (SSSR count). The van der Waals surface area contributed by atoms with Crippen molar-refractivity contribution in [1.29, 1.82) is 0 Å². The summed E-state index contributed by atoms with van der Waals surface area (Å²) in [5.41, 5.74) is 0.943. The standard InChI is InChI=1S/C15H23FN4/c1-17-15(18-7-10-20-8-4-9-20)19(2)12-13-5-3-6-14(16)11-13/h3,5-6,11H,4,7-10,12H2,1-2H3,(H,17,18). The van der Waals surface area contributed by atoms with Crippen molar-refractivity contribution in [3.63, 3.8) is 0 Å². The average molecular weight is 278 g/mol. The van der Waals surface area contributed by atoms with Gasteiger partial charge in [0.1, 0.15) is 5.82 Å². The normalized spacial score (nSPS) is 15.8. The van der Waals surface area contributed by atoms with Crippen LogP contribution in [-0.4, -0.2) is 56.0 Å². The minimum absolute atomic E-state index is 0.198. The molecule has 4 nitrogen and oxygen atoms in total. The van der Waals surface area contributed by atoms with Crippen LogP contribution in [0.25, 0.3) is 0 Å². The van der Waals surface area contributed by atoms with Gasteiger partial charge in [-0.2, -0.15) is 0 Å². The maximum atomic E-state index is 13.2. The Kier molecular flexibility index (Phi) is 5.35. The van der Waals surface area contributed by atoms with E-state index in [0.717, 1.165) is 24.6 Å². The molecule has 0 spiro atoms. The van der Waals surface area contributed by atoms with Crippen LogP contribution in [0.3, 0.4) is 0 Å². The van der Waals surface area contributed by atoms with Gasteiger partial charge < -0.3 is 15.1 Å². The van der Waals surface area contributed by atoms with Crippen LogP contribution in [0.2, 0.25) is 0 Å². The third-order valence-corrected chi connectivity index (χ3v) is 3.54. The molecule has 0 amide bonds. The summed E-state index contributed by atoms with van der Waals surface area (Å²) < 4.78 is 13.2. The second-order valence-corrected chi connectivity index (χ2v) is 5.16. The summed E-state index contributed by atoms with van der Waals surface area (Å²) in [6.07, 6.45) is 1.31. The zero-order valence-corrected chi connectivity index (χ0v) is 12.3. The Morgan fingerprint density at radius 3 is 2.85 bits per heavy atom. The fraction of sp³-hybridized carbons (Fsp3) is 0.533. The molecule has 1 aromatic carbocycles. The van der Waals surface area contributed by atoms with Gasteiger partial charge >= 0.3 is 0 Å². The summed E-state index contributed by atoms with van der Waals surface area (Å²) in [6, 6.07) is 6.68. The summed E-state index contributed by atoms with van der Waals surface area (Å²) in [4.78, 5) is 8.68. The maximum absolute atomic E-state index is 13.2. The largest absolute Gasteiger partial charge is 0.355 e. The number of likely N-dealkylation sites (tertiary alicyclic amines) is 1. The molecule has 1 heterocycles. The molecule has 1 aromatic rings. The van der Waals surface area contributed by atoms with Crippen molar-refractivity contribution >= 4 is 5.96 Å². The highest BCUT2D eigenvalue weighted by atomic mass is 19.1. The Labute approximate surface area is 120 Å². The molecule has 20 heavy (non-hydrogen) atoms. The first-order chi connectivity index (χ1) is 9.69. The van der Waals surface area contributed by atoms with Crippen LogP contribution in [0.15, 0.2) is 29.3 Å². The highest BCUT2D eigenvalue weighted by Crippen LogP contribution is 2.06. The molecule has 0 bridgehead atoms. The van der Waals surface area contributed by atoms with Gasteiger partial charge in [0.2, 0.25) is 0 Å². The number of hydrogen-bond donors (Lipinski definition) is 1. The zero-order valence-electron chi connectivity index (χ0n) is 12.3. The van der Waals surface area contributed by atoms with Crippen LogP contribution in [0.1, 0.15) is 12.0 Å². The Morgan fingerprint density at radius 2 is 2.25 bits per heavy atom. The molecule has 1 N–H and O–H groups in total. The second kappa shape index (κ2) is 7.24. The van der Waals surface area contributed by atoms with Gasteiger partial charge in [-0.1, -0.05) is 12.1 Å². The van der Waals surface area contributed by atoms with Crippen LogP contribution >= 0.6 is 0 Å². The molecule has 0 aliphatic carbocycles. The van der Waals surface area contributed by atoms with E-state index in [2.05, 4.69) is 15.2 Å². The number of nitrogens with zero attached hydrogens (tertiary/aromatic N) is 3. The first-order valence-electron chi connectivity index (χ1n) is 7.07. The molecule has 1 saturated heterocycles. The molecule has 0 unspecified atom stereocenters. The molecule has 1 aliphatic rings. The van der Waals surface area contributed by atoms with Crippen molar-refractivity contribution < 1.29 is 4.39 Å². The number of aliphatic imine (C=N–C) groups is 1. The molecule has 1 aliphatic heterocycles. The average Bonchev–Trinajstić information content (AvgIpc) is 2.36. The Hall–Kier alpha value is -1.62. The van der Waals surface area contributed by atoms with Gasteiger partial charge in [-0.3, -0.25) is 4.99 Å². The molecule has 0 aromatic heterocycles. The molecule has 0 saturated carbocycles. The third-order valence-electron chi connectivity index (χ3n) is 3.54. The van der Waals surface area contributed by atoms with Gasteiger partial charge in [0.25, 0.3) is 0 Å². The number of guanidine groups is 1. The zero-order chi connectivity index (χ0) is 14.4. The lowest BCUT2D eigenvalue weighted by Crippen LogP contribution is -2.45. The van der Waals surface area contributed by atoms with Crippen molar-refractivity contribution in [1.82, 2.24) is 15.1 Å². The molecular formula is C15H23FN4. The monoisotopic (exact) mass is 278 g/mol. The van der Waals surface area contributed by atoms with E-state index in [1.807, 2.05) is 18.0 Å². The van der Waals surface area contributed by atoms with E-state index in [-0.39, 0.29) is 5.82 Å². The van der Waals surface area contributed by atoms with Gasteiger partial charge in [-0.15, -0.1) is 0 Å². The van der Waals surface area contributed by atoms with Crippen molar-refractivity contribution in [3.8, 4) is 0 Å². The summed E-state index contributed by atoms with van der Waals surface area (Å²) in [5, 5.41) is 3.34. The van der Waals surface area contributed by atoms with Crippen LogP contribution in [0.4, 0.5) is 4.39 Å². The Morgan fingerprint density at radius 1 is 1.45 bits per heavy atom. The lowest BCUT2D eigenvalue weighted by molar-refractivity contribution is 0.184. The number of nitrogens with one attached hydrogen (secondary N) is 1. The first-order valence-corrected chi connectivity index (χ1v) is 7.07. The summed E-state index contributed by atoms with van der Waals surface area (Å²) in [6.45, 7) is 4.99.